The van der Waals surface area contributed by atoms with Crippen molar-refractivity contribution >= 4 is 35.6 Å². The zero-order valence-electron chi connectivity index (χ0n) is 24.4. The first-order valence-electron chi connectivity index (χ1n) is 14.0. The van der Waals surface area contributed by atoms with Crippen molar-refractivity contribution in [1.82, 2.24) is 10.6 Å². The number of carbonyl (C=O) groups excluding carboxylic acids is 2. The summed E-state index contributed by atoms with van der Waals surface area (Å²) in [6, 6.07) is 20.3. The Labute approximate surface area is 254 Å². The smallest absolute Gasteiger partial charge is 0.251 e. The first kappa shape index (κ1) is 32.7. The molecule has 2 amide bonds. The monoisotopic (exact) mass is 596 g/mol. The van der Waals surface area contributed by atoms with Gasteiger partial charge in [0.1, 0.15) is 11.5 Å². The number of benzene rings is 3. The molecule has 1 fully saturated rings. The Morgan fingerprint density at radius 3 is 2.33 bits per heavy atom. The third-order valence-electron chi connectivity index (χ3n) is 7.12. The quantitative estimate of drug-likeness (QED) is 0.221. The van der Waals surface area contributed by atoms with Gasteiger partial charge in [0.2, 0.25) is 5.91 Å². The van der Waals surface area contributed by atoms with Gasteiger partial charge in [0, 0.05) is 55.6 Å². The van der Waals surface area contributed by atoms with Crippen LogP contribution >= 0.6 is 12.4 Å². The van der Waals surface area contributed by atoms with Gasteiger partial charge in [0.05, 0.1) is 26.4 Å². The number of carbonyl (C=O) groups is 2. The third kappa shape index (κ3) is 8.85. The van der Waals surface area contributed by atoms with Gasteiger partial charge in [-0.2, -0.15) is 0 Å². The largest absolute Gasteiger partial charge is 0.497 e. The number of halogens is 1. The summed E-state index contributed by atoms with van der Waals surface area (Å²) in [5.74, 6) is 1.12. The van der Waals surface area contributed by atoms with Crippen LogP contribution in [0, 0.1) is 0 Å². The molecule has 0 radical (unpaired) electrons. The summed E-state index contributed by atoms with van der Waals surface area (Å²) in [5, 5.41) is 20.9. The van der Waals surface area contributed by atoms with E-state index < -0.39 is 12.1 Å². The Balaban J connectivity index is 0.00000484. The number of nitrogens with one attached hydrogen (secondary N) is 3. The number of hydrogen-bond donors (Lipinski definition) is 4. The Bertz CT molecular complexity index is 1300. The molecule has 2 atom stereocenters. The number of rotatable bonds is 14. The number of nitrogens with zero attached hydrogens (tertiary/aromatic N) is 1. The second-order valence-corrected chi connectivity index (χ2v) is 10.1. The van der Waals surface area contributed by atoms with Crippen molar-refractivity contribution in [3.05, 3.63) is 83.4 Å². The van der Waals surface area contributed by atoms with Crippen LogP contribution in [-0.4, -0.2) is 62.9 Å². The minimum Gasteiger partial charge on any atom is -0.497 e. The van der Waals surface area contributed by atoms with Crippen LogP contribution in [0.3, 0.4) is 0 Å². The van der Waals surface area contributed by atoms with Gasteiger partial charge in [-0.15, -0.1) is 12.4 Å². The van der Waals surface area contributed by atoms with Gasteiger partial charge in [-0.25, -0.2) is 0 Å². The molecule has 4 N–H and O–H groups in total. The highest BCUT2D eigenvalue weighted by Gasteiger charge is 2.26. The van der Waals surface area contributed by atoms with Gasteiger partial charge in [0.25, 0.3) is 5.91 Å². The second kappa shape index (κ2) is 16.0. The van der Waals surface area contributed by atoms with E-state index in [0.29, 0.717) is 55.2 Å². The highest BCUT2D eigenvalue weighted by Crippen LogP contribution is 2.27. The molecule has 3 aromatic carbocycles. The Kier molecular flexibility index (Phi) is 12.5. The zero-order valence-corrected chi connectivity index (χ0v) is 25.2. The number of methoxy groups -OCH3 is 2. The lowest BCUT2D eigenvalue weighted by atomic mass is 10.00. The third-order valence-corrected chi connectivity index (χ3v) is 7.12. The molecule has 226 valence electrons. The van der Waals surface area contributed by atoms with Crippen molar-refractivity contribution in [3.63, 3.8) is 0 Å². The van der Waals surface area contributed by atoms with Gasteiger partial charge < -0.3 is 35.4 Å². The average molecular weight is 597 g/mol. The van der Waals surface area contributed by atoms with E-state index in [4.69, 9.17) is 9.47 Å². The van der Waals surface area contributed by atoms with Crippen molar-refractivity contribution in [2.75, 3.05) is 44.1 Å². The lowest BCUT2D eigenvalue weighted by molar-refractivity contribution is -0.117. The molecule has 1 heterocycles. The molecule has 0 spiro atoms. The van der Waals surface area contributed by atoms with E-state index in [9.17, 15) is 14.7 Å². The van der Waals surface area contributed by atoms with Gasteiger partial charge in [-0.05, 0) is 61.2 Å². The van der Waals surface area contributed by atoms with Crippen molar-refractivity contribution in [2.24, 2.45) is 0 Å². The molecule has 1 aliphatic heterocycles. The lowest BCUT2D eigenvalue weighted by Crippen LogP contribution is -2.48. The minimum absolute atomic E-state index is 0. The molecular weight excluding hydrogens is 556 g/mol. The van der Waals surface area contributed by atoms with E-state index in [1.807, 2.05) is 55.5 Å². The van der Waals surface area contributed by atoms with E-state index >= 15 is 0 Å². The number of anilines is 2. The summed E-state index contributed by atoms with van der Waals surface area (Å²) in [7, 11) is 3.21. The molecule has 0 saturated carbocycles. The normalized spacial score (nSPS) is 14.1. The summed E-state index contributed by atoms with van der Waals surface area (Å²) in [6.45, 7) is 4.03. The first-order chi connectivity index (χ1) is 19.9. The molecule has 3 aromatic rings. The van der Waals surface area contributed by atoms with Gasteiger partial charge in [0.15, 0.2) is 0 Å². The fraction of sp³-hybridized carbons (Fsp3) is 0.375. The Morgan fingerprint density at radius 1 is 1.00 bits per heavy atom. The topological polar surface area (TPSA) is 112 Å². The highest BCUT2D eigenvalue weighted by atomic mass is 35.5. The lowest BCUT2D eigenvalue weighted by Gasteiger charge is -2.25. The average Bonchev–Trinajstić information content (AvgIpc) is 3.42. The van der Waals surface area contributed by atoms with Crippen LogP contribution in [0.15, 0.2) is 66.7 Å². The molecular formula is C32H41ClN4O5. The van der Waals surface area contributed by atoms with Crippen LogP contribution in [-0.2, 0) is 17.8 Å². The SMILES string of the molecule is CCNc1cc(C(=O)N[C@@H](Cc2ccccc2)[C@@H](O)CNCc2cc(OC)cc(OC)c2)cc(N2CCCC2=O)c1.Cl. The van der Waals surface area contributed by atoms with Gasteiger partial charge in [-0.1, -0.05) is 30.3 Å². The van der Waals surface area contributed by atoms with E-state index in [2.05, 4.69) is 16.0 Å². The maximum Gasteiger partial charge on any atom is 0.251 e. The zero-order chi connectivity index (χ0) is 29.2. The Hall–Kier alpha value is -3.79. The molecule has 0 aromatic heterocycles. The van der Waals surface area contributed by atoms with Crippen LogP contribution < -0.4 is 30.3 Å². The van der Waals surface area contributed by atoms with E-state index in [0.717, 1.165) is 23.2 Å². The fourth-order valence-electron chi connectivity index (χ4n) is 5.00. The predicted molar refractivity (Wildman–Crippen MR) is 168 cm³/mol. The van der Waals surface area contributed by atoms with Crippen molar-refractivity contribution in [2.45, 2.75) is 44.9 Å². The van der Waals surface area contributed by atoms with Gasteiger partial charge in [-0.3, -0.25) is 9.59 Å². The molecule has 0 unspecified atom stereocenters. The van der Waals surface area contributed by atoms with Crippen LogP contribution in [0.4, 0.5) is 11.4 Å². The maximum absolute atomic E-state index is 13.6. The molecule has 42 heavy (non-hydrogen) atoms. The van der Waals surface area contributed by atoms with Gasteiger partial charge >= 0.3 is 0 Å². The van der Waals surface area contributed by atoms with Crippen LogP contribution in [0.1, 0.15) is 41.3 Å². The predicted octanol–water partition coefficient (Wildman–Crippen LogP) is 4.18. The minimum atomic E-state index is -0.872. The van der Waals surface area contributed by atoms with Crippen molar-refractivity contribution in [3.8, 4) is 11.5 Å². The number of hydrogen-bond acceptors (Lipinski definition) is 7. The van der Waals surface area contributed by atoms with E-state index in [-0.39, 0.29) is 30.8 Å². The standard InChI is InChI=1S/C32H40N4O5.ClH/c1-4-34-25-16-24(17-26(18-25)36-12-8-11-31(36)38)32(39)35-29(15-22-9-6-5-7-10-22)30(37)21-33-20-23-13-27(40-2)19-28(14-23)41-3;/h5-7,9-10,13-14,16-19,29-30,33-34,37H,4,8,11-12,15,20-21H2,1-3H3,(H,35,39);1H/t29-,30-;/m0./s1. The number of amides is 2. The molecule has 4 rings (SSSR count). The number of aliphatic hydroxyl groups excluding tert-OH is 1. The van der Waals surface area contributed by atoms with E-state index in [1.54, 1.807) is 37.3 Å². The molecule has 0 bridgehead atoms. The van der Waals surface area contributed by atoms with Crippen LogP contribution in [0.25, 0.3) is 0 Å². The van der Waals surface area contributed by atoms with Crippen molar-refractivity contribution < 1.29 is 24.2 Å². The molecule has 1 saturated heterocycles. The summed E-state index contributed by atoms with van der Waals surface area (Å²) in [5.41, 5.74) is 3.84. The number of aliphatic hydroxyl groups is 1. The van der Waals surface area contributed by atoms with E-state index in [1.165, 1.54) is 0 Å². The summed E-state index contributed by atoms with van der Waals surface area (Å²) >= 11 is 0. The molecule has 1 aliphatic rings. The van der Waals surface area contributed by atoms with Crippen molar-refractivity contribution in [1.29, 1.82) is 0 Å². The second-order valence-electron chi connectivity index (χ2n) is 10.1. The van der Waals surface area contributed by atoms with Crippen LogP contribution in [0.2, 0.25) is 0 Å². The Morgan fingerprint density at radius 2 is 1.71 bits per heavy atom. The summed E-state index contributed by atoms with van der Waals surface area (Å²) in [6.07, 6.45) is 0.885. The summed E-state index contributed by atoms with van der Waals surface area (Å²) in [4.78, 5) is 27.7. The fourth-order valence-corrected chi connectivity index (χ4v) is 5.00. The first-order valence-corrected chi connectivity index (χ1v) is 14.0. The maximum atomic E-state index is 13.6. The highest BCUT2D eigenvalue weighted by molar-refractivity contribution is 6.00. The summed E-state index contributed by atoms with van der Waals surface area (Å²) < 4.78 is 10.7. The molecule has 10 heteroatoms. The molecule has 9 nitrogen and oxygen atoms in total. The number of ether oxygens (including phenoxy) is 2. The van der Waals surface area contributed by atoms with Crippen LogP contribution in [0.5, 0.6) is 11.5 Å². The molecule has 0 aliphatic carbocycles.